The summed E-state index contributed by atoms with van der Waals surface area (Å²) in [5.74, 6) is 1.15. The van der Waals surface area contributed by atoms with Crippen LogP contribution in [0.1, 0.15) is 17.2 Å². The first-order chi connectivity index (χ1) is 12.5. The Morgan fingerprint density at radius 3 is 2.27 bits per heavy atom. The number of nitriles is 1. The zero-order valence-electron chi connectivity index (χ0n) is 15.2. The molecule has 0 saturated carbocycles. The van der Waals surface area contributed by atoms with Gasteiger partial charge in [-0.1, -0.05) is 12.1 Å². The van der Waals surface area contributed by atoms with E-state index < -0.39 is 0 Å². The quantitative estimate of drug-likeness (QED) is 0.789. The Kier molecular flexibility index (Phi) is 7.01. The lowest BCUT2D eigenvalue weighted by Gasteiger charge is -2.25. The van der Waals surface area contributed by atoms with Gasteiger partial charge in [-0.25, -0.2) is 0 Å². The molecule has 0 aromatic heterocycles. The number of methoxy groups -OCH3 is 1. The summed E-state index contributed by atoms with van der Waals surface area (Å²) in [5, 5.41) is 11.7. The first-order valence-electron chi connectivity index (χ1n) is 8.23. The van der Waals surface area contributed by atoms with Crippen molar-refractivity contribution >= 4 is 5.91 Å². The molecule has 6 nitrogen and oxygen atoms in total. The van der Waals surface area contributed by atoms with Crippen LogP contribution in [0.25, 0.3) is 0 Å². The highest BCUT2D eigenvalue weighted by Crippen LogP contribution is 2.20. The Morgan fingerprint density at radius 2 is 1.73 bits per heavy atom. The van der Waals surface area contributed by atoms with Gasteiger partial charge in [0.25, 0.3) is 5.91 Å². The van der Waals surface area contributed by atoms with Crippen molar-refractivity contribution in [2.75, 3.05) is 34.4 Å². The van der Waals surface area contributed by atoms with Gasteiger partial charge in [0.15, 0.2) is 6.61 Å². The van der Waals surface area contributed by atoms with Crippen molar-refractivity contribution in [3.63, 3.8) is 0 Å². The molecule has 0 saturated heterocycles. The average molecular weight is 353 g/mol. The second-order valence-corrected chi connectivity index (χ2v) is 5.98. The second-order valence-electron chi connectivity index (χ2n) is 5.98. The monoisotopic (exact) mass is 353 g/mol. The molecule has 1 N–H and O–H groups in total. The average Bonchev–Trinajstić information content (AvgIpc) is 2.67. The SMILES string of the molecule is COc1ccc(C(CNC(=O)COc2ccc(C#N)cc2)N(C)C)cc1. The number of hydrogen-bond acceptors (Lipinski definition) is 5. The Bertz CT molecular complexity index is 749. The third kappa shape index (κ3) is 5.50. The highest BCUT2D eigenvalue weighted by molar-refractivity contribution is 5.77. The molecule has 0 aliphatic carbocycles. The molecule has 0 fully saturated rings. The molecule has 0 aliphatic rings. The fourth-order valence-electron chi connectivity index (χ4n) is 2.46. The Labute approximate surface area is 153 Å². The number of likely N-dealkylation sites (N-methyl/N-ethyl adjacent to an activating group) is 1. The predicted octanol–water partition coefficient (Wildman–Crippen LogP) is 2.36. The van der Waals surface area contributed by atoms with Gasteiger partial charge in [0, 0.05) is 6.54 Å². The highest BCUT2D eigenvalue weighted by Gasteiger charge is 2.15. The topological polar surface area (TPSA) is 74.6 Å². The molecule has 6 heteroatoms. The van der Waals surface area contributed by atoms with E-state index in [-0.39, 0.29) is 18.6 Å². The van der Waals surface area contributed by atoms with Gasteiger partial charge in [-0.05, 0) is 56.1 Å². The predicted molar refractivity (Wildman–Crippen MR) is 99.1 cm³/mol. The van der Waals surface area contributed by atoms with Gasteiger partial charge in [0.05, 0.1) is 24.8 Å². The Hall–Kier alpha value is -3.04. The van der Waals surface area contributed by atoms with Gasteiger partial charge >= 0.3 is 0 Å². The third-order valence-corrected chi connectivity index (χ3v) is 3.97. The second kappa shape index (κ2) is 9.44. The summed E-state index contributed by atoms with van der Waals surface area (Å²) in [7, 11) is 5.56. The van der Waals surface area contributed by atoms with E-state index in [1.165, 1.54) is 0 Å². The van der Waals surface area contributed by atoms with Gasteiger partial charge in [0.1, 0.15) is 11.5 Å². The summed E-state index contributed by atoms with van der Waals surface area (Å²) >= 11 is 0. The van der Waals surface area contributed by atoms with E-state index in [0.29, 0.717) is 17.9 Å². The largest absolute Gasteiger partial charge is 0.497 e. The molecule has 2 aromatic carbocycles. The van der Waals surface area contributed by atoms with Crippen LogP contribution in [0.3, 0.4) is 0 Å². The van der Waals surface area contributed by atoms with Gasteiger partial charge in [-0.15, -0.1) is 0 Å². The van der Waals surface area contributed by atoms with E-state index in [4.69, 9.17) is 14.7 Å². The van der Waals surface area contributed by atoms with Crippen LogP contribution in [-0.4, -0.2) is 45.2 Å². The van der Waals surface area contributed by atoms with E-state index in [9.17, 15) is 4.79 Å². The fourth-order valence-corrected chi connectivity index (χ4v) is 2.46. The van der Waals surface area contributed by atoms with E-state index >= 15 is 0 Å². The van der Waals surface area contributed by atoms with Crippen LogP contribution in [0, 0.1) is 11.3 Å². The zero-order chi connectivity index (χ0) is 18.9. The summed E-state index contributed by atoms with van der Waals surface area (Å²) in [6.45, 7) is 0.392. The minimum absolute atomic E-state index is 0.0415. The van der Waals surface area contributed by atoms with Crippen LogP contribution in [0.2, 0.25) is 0 Å². The van der Waals surface area contributed by atoms with Gasteiger partial charge in [0.2, 0.25) is 0 Å². The lowest BCUT2D eigenvalue weighted by Crippen LogP contribution is -2.36. The lowest BCUT2D eigenvalue weighted by atomic mass is 10.1. The fraction of sp³-hybridized carbons (Fsp3) is 0.300. The number of carbonyl (C=O) groups excluding carboxylic acids is 1. The van der Waals surface area contributed by atoms with Crippen molar-refractivity contribution < 1.29 is 14.3 Å². The van der Waals surface area contributed by atoms with E-state index in [0.717, 1.165) is 11.3 Å². The summed E-state index contributed by atoms with van der Waals surface area (Å²) in [4.78, 5) is 14.1. The van der Waals surface area contributed by atoms with Crippen LogP contribution >= 0.6 is 0 Å². The number of nitrogens with zero attached hydrogens (tertiary/aromatic N) is 2. The van der Waals surface area contributed by atoms with Crippen molar-refractivity contribution in [2.24, 2.45) is 0 Å². The molecule has 0 bridgehead atoms. The zero-order valence-corrected chi connectivity index (χ0v) is 15.2. The van der Waals surface area contributed by atoms with Gasteiger partial charge < -0.3 is 19.7 Å². The minimum atomic E-state index is -0.199. The van der Waals surface area contributed by atoms with Crippen molar-refractivity contribution in [3.8, 4) is 17.6 Å². The number of hydrogen-bond donors (Lipinski definition) is 1. The minimum Gasteiger partial charge on any atom is -0.497 e. The smallest absolute Gasteiger partial charge is 0.258 e. The number of ether oxygens (including phenoxy) is 2. The molecule has 0 spiro atoms. The first kappa shape index (κ1) is 19.3. The molecule has 0 aliphatic heterocycles. The molecular formula is C20H23N3O3. The molecule has 1 atom stereocenters. The number of amides is 1. The Morgan fingerprint density at radius 1 is 1.12 bits per heavy atom. The normalized spacial score (nSPS) is 11.5. The maximum Gasteiger partial charge on any atom is 0.258 e. The summed E-state index contributed by atoms with van der Waals surface area (Å²) in [6, 6.07) is 16.5. The maximum absolute atomic E-state index is 12.1. The lowest BCUT2D eigenvalue weighted by molar-refractivity contribution is -0.123. The molecular weight excluding hydrogens is 330 g/mol. The molecule has 1 unspecified atom stereocenters. The van der Waals surface area contributed by atoms with E-state index in [1.807, 2.05) is 49.3 Å². The number of rotatable bonds is 8. The van der Waals surface area contributed by atoms with Crippen LogP contribution in [0.4, 0.5) is 0 Å². The van der Waals surface area contributed by atoms with Crippen LogP contribution < -0.4 is 14.8 Å². The van der Waals surface area contributed by atoms with Crippen LogP contribution in [-0.2, 0) is 4.79 Å². The van der Waals surface area contributed by atoms with Crippen molar-refractivity contribution in [2.45, 2.75) is 6.04 Å². The maximum atomic E-state index is 12.1. The Balaban J connectivity index is 1.87. The number of nitrogens with one attached hydrogen (secondary N) is 1. The van der Waals surface area contributed by atoms with E-state index in [1.54, 1.807) is 31.4 Å². The molecule has 26 heavy (non-hydrogen) atoms. The molecule has 2 aromatic rings. The molecule has 0 radical (unpaired) electrons. The molecule has 136 valence electrons. The van der Waals surface area contributed by atoms with E-state index in [2.05, 4.69) is 5.32 Å². The molecule has 1 amide bonds. The number of benzene rings is 2. The van der Waals surface area contributed by atoms with Crippen LogP contribution in [0.15, 0.2) is 48.5 Å². The first-order valence-corrected chi connectivity index (χ1v) is 8.23. The molecule has 0 heterocycles. The molecule has 2 rings (SSSR count). The van der Waals surface area contributed by atoms with Crippen molar-refractivity contribution in [1.29, 1.82) is 5.26 Å². The van der Waals surface area contributed by atoms with Crippen LogP contribution in [0.5, 0.6) is 11.5 Å². The van der Waals surface area contributed by atoms with Gasteiger partial charge in [-0.2, -0.15) is 5.26 Å². The number of carbonyl (C=O) groups is 1. The third-order valence-electron chi connectivity index (χ3n) is 3.97. The summed E-state index contributed by atoms with van der Waals surface area (Å²) in [6.07, 6.45) is 0. The van der Waals surface area contributed by atoms with Gasteiger partial charge in [-0.3, -0.25) is 4.79 Å². The van der Waals surface area contributed by atoms with Crippen molar-refractivity contribution in [3.05, 3.63) is 59.7 Å². The highest BCUT2D eigenvalue weighted by atomic mass is 16.5. The standard InChI is InChI=1S/C20H23N3O3/c1-23(2)19(16-6-10-17(25-3)11-7-16)13-22-20(24)14-26-18-8-4-15(12-21)5-9-18/h4-11,19H,13-14H2,1-3H3,(H,22,24). The summed E-state index contributed by atoms with van der Waals surface area (Å²) in [5.41, 5.74) is 1.64. The van der Waals surface area contributed by atoms with Crippen molar-refractivity contribution in [1.82, 2.24) is 10.2 Å². The summed E-state index contributed by atoms with van der Waals surface area (Å²) < 4.78 is 10.6.